The molecule has 5 rings (SSSR count). The summed E-state index contributed by atoms with van der Waals surface area (Å²) >= 11 is 5.93. The molecule has 1 aliphatic heterocycles. The maximum Gasteiger partial charge on any atom is 0.318 e. The number of nitrogens with one attached hydrogen (secondary N) is 1. The number of methoxy groups -OCH3 is 1. The number of ether oxygens (including phenoxy) is 3. The third-order valence-corrected chi connectivity index (χ3v) is 8.44. The molecule has 1 saturated heterocycles. The Hall–Kier alpha value is -2.60. The minimum Gasteiger partial charge on any atom is -0.476 e. The molecule has 4 unspecified atom stereocenters. The summed E-state index contributed by atoms with van der Waals surface area (Å²) in [6, 6.07) is 6.92. The first-order valence-electron chi connectivity index (χ1n) is 14.3. The SMILES string of the molecule is CCOc1nc(N)nc2c1ncn2C1OC(COP(NCC=O)Oc2ccc(Cl)cc2)CC1C.COC1CCCCC1. The lowest BCUT2D eigenvalue weighted by molar-refractivity contribution is -0.106. The number of hydrogen-bond acceptors (Lipinski definition) is 11. The molecule has 3 heterocycles. The average Bonchev–Trinajstić information content (AvgIpc) is 3.59. The van der Waals surface area contributed by atoms with Gasteiger partial charge in [-0.25, -0.2) is 10.1 Å². The number of rotatable bonds is 12. The number of fused-ring (bicyclic) bond motifs is 1. The molecule has 3 N–H and O–H groups in total. The molecule has 2 fully saturated rings. The van der Waals surface area contributed by atoms with Crippen LogP contribution in [0.5, 0.6) is 11.6 Å². The van der Waals surface area contributed by atoms with Crippen LogP contribution < -0.4 is 20.1 Å². The van der Waals surface area contributed by atoms with E-state index >= 15 is 0 Å². The summed E-state index contributed by atoms with van der Waals surface area (Å²) in [5.74, 6) is 1.19. The van der Waals surface area contributed by atoms with Gasteiger partial charge in [0.15, 0.2) is 11.2 Å². The summed E-state index contributed by atoms with van der Waals surface area (Å²) in [6.45, 7) is 4.77. The van der Waals surface area contributed by atoms with E-state index in [0.29, 0.717) is 40.5 Å². The van der Waals surface area contributed by atoms with Crippen molar-refractivity contribution >= 4 is 43.5 Å². The van der Waals surface area contributed by atoms with Crippen LogP contribution in [0.4, 0.5) is 5.95 Å². The van der Waals surface area contributed by atoms with Crippen LogP contribution in [-0.2, 0) is 18.8 Å². The average molecular weight is 623 g/mol. The van der Waals surface area contributed by atoms with Gasteiger partial charge in [-0.3, -0.25) is 4.57 Å². The summed E-state index contributed by atoms with van der Waals surface area (Å²) in [4.78, 5) is 23.7. The van der Waals surface area contributed by atoms with Gasteiger partial charge in [0.1, 0.15) is 18.3 Å². The molecule has 1 aliphatic carbocycles. The van der Waals surface area contributed by atoms with E-state index in [4.69, 9.17) is 40.6 Å². The Labute approximate surface area is 252 Å². The number of halogens is 1. The van der Waals surface area contributed by atoms with Gasteiger partial charge in [-0.05, 0) is 50.5 Å². The smallest absolute Gasteiger partial charge is 0.318 e. The molecule has 1 aromatic carbocycles. The van der Waals surface area contributed by atoms with Gasteiger partial charge in [-0.1, -0.05) is 37.8 Å². The Morgan fingerprint density at radius 2 is 1.98 bits per heavy atom. The molecular weight excluding hydrogens is 583 g/mol. The first-order valence-corrected chi connectivity index (χ1v) is 15.8. The van der Waals surface area contributed by atoms with Gasteiger partial charge < -0.3 is 33.8 Å². The number of hydrogen-bond donors (Lipinski definition) is 2. The summed E-state index contributed by atoms with van der Waals surface area (Å²) in [5.41, 5.74) is 6.96. The molecule has 12 nitrogen and oxygen atoms in total. The fraction of sp³-hybridized carbons (Fsp3) is 0.571. The van der Waals surface area contributed by atoms with E-state index in [-0.39, 0.29) is 37.3 Å². The van der Waals surface area contributed by atoms with Crippen LogP contribution in [0.15, 0.2) is 30.6 Å². The maximum atomic E-state index is 10.8. The third-order valence-electron chi connectivity index (χ3n) is 6.98. The molecule has 230 valence electrons. The molecule has 2 aromatic heterocycles. The van der Waals surface area contributed by atoms with Crippen molar-refractivity contribution in [2.45, 2.75) is 70.8 Å². The lowest BCUT2D eigenvalue weighted by Crippen LogP contribution is -2.20. The Kier molecular flexibility index (Phi) is 12.5. The topological polar surface area (TPSA) is 145 Å². The van der Waals surface area contributed by atoms with Crippen LogP contribution in [0.1, 0.15) is 58.6 Å². The highest BCUT2D eigenvalue weighted by molar-refractivity contribution is 7.45. The molecule has 2 aliphatic rings. The first-order chi connectivity index (χ1) is 20.4. The second-order valence-corrected chi connectivity index (χ2v) is 11.8. The first kappa shape index (κ1) is 32.3. The molecule has 0 spiro atoms. The van der Waals surface area contributed by atoms with Crippen molar-refractivity contribution in [1.29, 1.82) is 0 Å². The molecule has 1 saturated carbocycles. The van der Waals surface area contributed by atoms with Crippen LogP contribution in [0.2, 0.25) is 5.02 Å². The summed E-state index contributed by atoms with van der Waals surface area (Å²) in [7, 11) is 0.255. The van der Waals surface area contributed by atoms with Crippen molar-refractivity contribution in [3.63, 3.8) is 0 Å². The molecular formula is C28H40ClN6O6P. The number of nitrogens with two attached hydrogens (primary N) is 1. The van der Waals surface area contributed by atoms with Gasteiger partial charge in [0.25, 0.3) is 0 Å². The van der Waals surface area contributed by atoms with Crippen molar-refractivity contribution < 1.29 is 28.1 Å². The van der Waals surface area contributed by atoms with Crippen LogP contribution in [0, 0.1) is 5.92 Å². The van der Waals surface area contributed by atoms with Gasteiger partial charge >= 0.3 is 8.53 Å². The zero-order valence-electron chi connectivity index (χ0n) is 24.3. The van der Waals surface area contributed by atoms with Crippen molar-refractivity contribution in [3.05, 3.63) is 35.6 Å². The summed E-state index contributed by atoms with van der Waals surface area (Å²) in [5, 5.41) is 3.56. The Bertz CT molecular complexity index is 1260. The third kappa shape index (κ3) is 8.95. The van der Waals surface area contributed by atoms with Crippen molar-refractivity contribution in [2.24, 2.45) is 5.92 Å². The molecule has 0 bridgehead atoms. The summed E-state index contributed by atoms with van der Waals surface area (Å²) < 4.78 is 30.7. The van der Waals surface area contributed by atoms with E-state index in [0.717, 1.165) is 12.7 Å². The monoisotopic (exact) mass is 622 g/mol. The second-order valence-electron chi connectivity index (χ2n) is 10.1. The highest BCUT2D eigenvalue weighted by Gasteiger charge is 2.36. The van der Waals surface area contributed by atoms with Crippen molar-refractivity contribution in [2.75, 3.05) is 32.6 Å². The number of nitrogen functional groups attached to an aromatic ring is 1. The van der Waals surface area contributed by atoms with E-state index in [1.165, 1.54) is 32.1 Å². The van der Waals surface area contributed by atoms with Crippen LogP contribution in [0.25, 0.3) is 11.2 Å². The number of carbonyl (C=O) groups excluding carboxylic acids is 1. The Balaban J connectivity index is 0.000000437. The Morgan fingerprint density at radius 3 is 2.64 bits per heavy atom. The van der Waals surface area contributed by atoms with Gasteiger partial charge in [-0.2, -0.15) is 9.97 Å². The van der Waals surface area contributed by atoms with E-state index in [2.05, 4.69) is 27.0 Å². The highest BCUT2D eigenvalue weighted by Crippen LogP contribution is 2.40. The predicted octanol–water partition coefficient (Wildman–Crippen LogP) is 5.46. The van der Waals surface area contributed by atoms with Crippen LogP contribution >= 0.6 is 20.1 Å². The number of carbonyl (C=O) groups is 1. The minimum absolute atomic E-state index is 0.105. The van der Waals surface area contributed by atoms with Crippen LogP contribution in [-0.4, -0.2) is 64.9 Å². The quantitative estimate of drug-likeness (QED) is 0.196. The van der Waals surface area contributed by atoms with Gasteiger partial charge in [0, 0.05) is 18.1 Å². The number of nitrogens with zero attached hydrogens (tertiary/aromatic N) is 4. The Morgan fingerprint density at radius 1 is 1.21 bits per heavy atom. The number of benzene rings is 1. The molecule has 14 heteroatoms. The molecule has 42 heavy (non-hydrogen) atoms. The number of imidazole rings is 1. The van der Waals surface area contributed by atoms with Gasteiger partial charge in [0.05, 0.1) is 38.3 Å². The lowest BCUT2D eigenvalue weighted by Gasteiger charge is -2.20. The standard InChI is InChI=1S/C21H26ClN6O5P.C7H14O/c1-3-30-19-17-18(26-21(23)27-19)28(12-24-17)20-13(2)10-16(32-20)11-31-34(25-8-9-29)33-15-6-4-14(22)5-7-15;1-8-7-5-3-2-4-6-7/h4-7,9,12-13,16,20,25H,3,8,10-11H2,1-2H3,(H2,23,26,27);7H,2-6H2,1H3. The van der Waals surface area contributed by atoms with E-state index in [9.17, 15) is 4.79 Å². The normalized spacial score (nSPS) is 21.5. The van der Waals surface area contributed by atoms with Gasteiger partial charge in [-0.15, -0.1) is 0 Å². The molecule has 0 radical (unpaired) electrons. The van der Waals surface area contributed by atoms with Crippen molar-refractivity contribution in [3.8, 4) is 11.6 Å². The van der Waals surface area contributed by atoms with E-state index in [1.807, 2.05) is 18.6 Å². The van der Waals surface area contributed by atoms with E-state index < -0.39 is 8.53 Å². The predicted molar refractivity (Wildman–Crippen MR) is 161 cm³/mol. The number of aromatic nitrogens is 4. The maximum absolute atomic E-state index is 10.8. The lowest BCUT2D eigenvalue weighted by atomic mass is 9.98. The summed E-state index contributed by atoms with van der Waals surface area (Å²) in [6.07, 6.45) is 9.98. The zero-order chi connectivity index (χ0) is 29.9. The second kappa shape index (κ2) is 16.3. The molecule has 3 aromatic rings. The van der Waals surface area contributed by atoms with Crippen LogP contribution in [0.3, 0.4) is 0 Å². The number of aldehydes is 1. The zero-order valence-corrected chi connectivity index (χ0v) is 25.9. The minimum atomic E-state index is -1.56. The largest absolute Gasteiger partial charge is 0.476 e. The number of anilines is 1. The molecule has 0 amide bonds. The highest BCUT2D eigenvalue weighted by atomic mass is 35.5. The van der Waals surface area contributed by atoms with E-state index in [1.54, 1.807) is 30.6 Å². The van der Waals surface area contributed by atoms with Crippen molar-refractivity contribution in [1.82, 2.24) is 24.6 Å². The van der Waals surface area contributed by atoms with Gasteiger partial charge in [0.2, 0.25) is 11.8 Å². The molecule has 4 atom stereocenters. The fourth-order valence-corrected chi connectivity index (χ4v) is 6.13. The fourth-order valence-electron chi connectivity index (χ4n) is 4.95.